The summed E-state index contributed by atoms with van der Waals surface area (Å²) in [7, 11) is 0. The lowest BCUT2D eigenvalue weighted by molar-refractivity contribution is 0.341. The molecular formula is C13H27Cl. The van der Waals surface area contributed by atoms with Crippen molar-refractivity contribution in [3.63, 3.8) is 0 Å². The summed E-state index contributed by atoms with van der Waals surface area (Å²) in [6.45, 7) is 6.85. The van der Waals surface area contributed by atoms with Gasteiger partial charge < -0.3 is 0 Å². The topological polar surface area (TPSA) is 0 Å². The van der Waals surface area contributed by atoms with Gasteiger partial charge in [-0.05, 0) is 24.7 Å². The Bertz CT molecular complexity index is 112. The second kappa shape index (κ2) is 9.83. The summed E-state index contributed by atoms with van der Waals surface area (Å²) in [6.07, 6.45) is 9.40. The third-order valence-corrected chi connectivity index (χ3v) is 3.56. The van der Waals surface area contributed by atoms with E-state index in [9.17, 15) is 0 Å². The highest BCUT2D eigenvalue weighted by atomic mass is 35.5. The fraction of sp³-hybridized carbons (Fsp3) is 1.00. The lowest BCUT2D eigenvalue weighted by Gasteiger charge is -2.20. The van der Waals surface area contributed by atoms with Crippen LogP contribution in [-0.2, 0) is 0 Å². The van der Waals surface area contributed by atoms with Crippen LogP contribution >= 0.6 is 11.6 Å². The first-order valence-corrected chi connectivity index (χ1v) is 6.87. The molecule has 1 heteroatoms. The van der Waals surface area contributed by atoms with Crippen molar-refractivity contribution >= 4 is 11.6 Å². The average Bonchev–Trinajstić information content (AvgIpc) is 2.22. The standard InChI is InChI=1S/C13H27Cl/c1-4-7-9-12(6-3)10-13(11-14)8-5-2/h12-13H,4-11H2,1-3H3. The molecule has 0 bridgehead atoms. The molecule has 0 saturated carbocycles. The zero-order valence-corrected chi connectivity index (χ0v) is 10.9. The number of hydrogen-bond donors (Lipinski definition) is 0. The molecule has 0 aromatic rings. The van der Waals surface area contributed by atoms with Crippen LogP contribution in [0.2, 0.25) is 0 Å². The molecule has 0 fully saturated rings. The second-order valence-corrected chi connectivity index (χ2v) is 4.77. The third kappa shape index (κ3) is 6.70. The van der Waals surface area contributed by atoms with Crippen LogP contribution in [0.15, 0.2) is 0 Å². The van der Waals surface area contributed by atoms with Gasteiger partial charge in [-0.15, -0.1) is 11.6 Å². The van der Waals surface area contributed by atoms with E-state index in [0.29, 0.717) is 0 Å². The Morgan fingerprint density at radius 1 is 0.929 bits per heavy atom. The van der Waals surface area contributed by atoms with E-state index in [1.165, 1.54) is 44.9 Å². The van der Waals surface area contributed by atoms with Gasteiger partial charge in [0.25, 0.3) is 0 Å². The number of rotatable bonds is 9. The maximum atomic E-state index is 5.98. The van der Waals surface area contributed by atoms with Gasteiger partial charge in [0.05, 0.1) is 0 Å². The van der Waals surface area contributed by atoms with E-state index >= 15 is 0 Å². The van der Waals surface area contributed by atoms with Crippen molar-refractivity contribution in [2.45, 2.75) is 65.7 Å². The van der Waals surface area contributed by atoms with Crippen LogP contribution in [0.25, 0.3) is 0 Å². The maximum absolute atomic E-state index is 5.98. The summed E-state index contributed by atoms with van der Waals surface area (Å²) >= 11 is 5.98. The highest BCUT2D eigenvalue weighted by molar-refractivity contribution is 6.18. The Kier molecular flexibility index (Phi) is 10.0. The van der Waals surface area contributed by atoms with Crippen molar-refractivity contribution in [2.24, 2.45) is 11.8 Å². The molecule has 0 aliphatic rings. The van der Waals surface area contributed by atoms with E-state index in [2.05, 4.69) is 20.8 Å². The van der Waals surface area contributed by atoms with Gasteiger partial charge in [0, 0.05) is 5.88 Å². The van der Waals surface area contributed by atoms with Crippen molar-refractivity contribution in [3.8, 4) is 0 Å². The molecule has 0 aromatic carbocycles. The first kappa shape index (κ1) is 14.3. The van der Waals surface area contributed by atoms with E-state index in [4.69, 9.17) is 11.6 Å². The molecule has 86 valence electrons. The zero-order chi connectivity index (χ0) is 10.8. The van der Waals surface area contributed by atoms with Crippen LogP contribution in [0.1, 0.15) is 65.7 Å². The fourth-order valence-electron chi connectivity index (χ4n) is 2.12. The van der Waals surface area contributed by atoms with Crippen molar-refractivity contribution < 1.29 is 0 Å². The molecule has 0 nitrogen and oxygen atoms in total. The van der Waals surface area contributed by atoms with E-state index in [-0.39, 0.29) is 0 Å². The molecule has 0 heterocycles. The number of halogens is 1. The van der Waals surface area contributed by atoms with Crippen molar-refractivity contribution in [3.05, 3.63) is 0 Å². The summed E-state index contributed by atoms with van der Waals surface area (Å²) in [6, 6.07) is 0. The Labute approximate surface area is 95.4 Å². The normalized spacial score (nSPS) is 15.4. The Balaban J connectivity index is 3.75. The zero-order valence-electron chi connectivity index (χ0n) is 10.2. The number of alkyl halides is 1. The summed E-state index contributed by atoms with van der Waals surface area (Å²) in [4.78, 5) is 0. The minimum Gasteiger partial charge on any atom is -0.126 e. The van der Waals surface area contributed by atoms with Crippen LogP contribution in [0, 0.1) is 11.8 Å². The van der Waals surface area contributed by atoms with Gasteiger partial charge in [-0.25, -0.2) is 0 Å². The van der Waals surface area contributed by atoms with E-state index in [0.717, 1.165) is 17.7 Å². The van der Waals surface area contributed by atoms with Crippen LogP contribution in [-0.4, -0.2) is 5.88 Å². The van der Waals surface area contributed by atoms with Gasteiger partial charge in [0.15, 0.2) is 0 Å². The lowest BCUT2D eigenvalue weighted by atomic mass is 9.87. The smallest absolute Gasteiger partial charge is 0.0251 e. The lowest BCUT2D eigenvalue weighted by Crippen LogP contribution is -2.10. The molecule has 0 aliphatic carbocycles. The van der Waals surface area contributed by atoms with E-state index in [1.54, 1.807) is 0 Å². The highest BCUT2D eigenvalue weighted by Gasteiger charge is 2.13. The quantitative estimate of drug-likeness (QED) is 0.464. The third-order valence-electron chi connectivity index (χ3n) is 3.13. The van der Waals surface area contributed by atoms with Crippen LogP contribution in [0.4, 0.5) is 0 Å². The fourth-order valence-corrected chi connectivity index (χ4v) is 2.40. The second-order valence-electron chi connectivity index (χ2n) is 4.46. The molecule has 0 aliphatic heterocycles. The molecule has 0 amide bonds. The first-order chi connectivity index (χ1) is 6.78. The Morgan fingerprint density at radius 2 is 1.64 bits per heavy atom. The minimum absolute atomic E-state index is 0.767. The molecule has 0 saturated heterocycles. The minimum atomic E-state index is 0.767. The summed E-state index contributed by atoms with van der Waals surface area (Å²) in [5.74, 6) is 2.55. The van der Waals surface area contributed by atoms with E-state index in [1.807, 2.05) is 0 Å². The predicted molar refractivity (Wildman–Crippen MR) is 67.0 cm³/mol. The Morgan fingerprint density at radius 3 is 2.07 bits per heavy atom. The van der Waals surface area contributed by atoms with Gasteiger partial charge in [-0.2, -0.15) is 0 Å². The molecule has 2 unspecified atom stereocenters. The molecule has 0 aromatic heterocycles. The van der Waals surface area contributed by atoms with Gasteiger partial charge >= 0.3 is 0 Å². The van der Waals surface area contributed by atoms with Crippen LogP contribution in [0.3, 0.4) is 0 Å². The largest absolute Gasteiger partial charge is 0.126 e. The molecule has 14 heavy (non-hydrogen) atoms. The average molecular weight is 219 g/mol. The number of hydrogen-bond acceptors (Lipinski definition) is 0. The Hall–Kier alpha value is 0.290. The summed E-state index contributed by atoms with van der Waals surface area (Å²) in [5, 5.41) is 0. The van der Waals surface area contributed by atoms with Crippen molar-refractivity contribution in [1.29, 1.82) is 0 Å². The van der Waals surface area contributed by atoms with Gasteiger partial charge in [-0.3, -0.25) is 0 Å². The first-order valence-electron chi connectivity index (χ1n) is 6.34. The van der Waals surface area contributed by atoms with Gasteiger partial charge in [0.1, 0.15) is 0 Å². The molecule has 2 atom stereocenters. The van der Waals surface area contributed by atoms with Gasteiger partial charge in [0.2, 0.25) is 0 Å². The molecule has 0 rings (SSSR count). The van der Waals surface area contributed by atoms with Crippen molar-refractivity contribution in [2.75, 3.05) is 5.88 Å². The SMILES string of the molecule is CCCCC(CC)CC(CCl)CCC. The molecule has 0 radical (unpaired) electrons. The molecular weight excluding hydrogens is 192 g/mol. The van der Waals surface area contributed by atoms with Crippen LogP contribution < -0.4 is 0 Å². The molecule has 0 spiro atoms. The monoisotopic (exact) mass is 218 g/mol. The van der Waals surface area contributed by atoms with E-state index < -0.39 is 0 Å². The highest BCUT2D eigenvalue weighted by Crippen LogP contribution is 2.25. The summed E-state index contributed by atoms with van der Waals surface area (Å²) < 4.78 is 0. The maximum Gasteiger partial charge on any atom is 0.0251 e. The van der Waals surface area contributed by atoms with Gasteiger partial charge in [-0.1, -0.05) is 52.9 Å². The number of unbranched alkanes of at least 4 members (excludes halogenated alkanes) is 1. The van der Waals surface area contributed by atoms with Crippen LogP contribution in [0.5, 0.6) is 0 Å². The van der Waals surface area contributed by atoms with Crippen molar-refractivity contribution in [1.82, 2.24) is 0 Å². The molecule has 0 N–H and O–H groups in total. The summed E-state index contributed by atoms with van der Waals surface area (Å²) in [5.41, 5.74) is 0. The predicted octanol–water partition coefficient (Wildman–Crippen LogP) is 5.25.